The normalized spacial score (nSPS) is 10.4. The van der Waals surface area contributed by atoms with Crippen LogP contribution in [0.5, 0.6) is 0 Å². The van der Waals surface area contributed by atoms with Gasteiger partial charge in [-0.25, -0.2) is 8.78 Å². The molecule has 0 radical (unpaired) electrons. The summed E-state index contributed by atoms with van der Waals surface area (Å²) in [6.07, 6.45) is 0. The van der Waals surface area contributed by atoms with E-state index in [-0.39, 0.29) is 11.4 Å². The maximum Gasteiger partial charge on any atom is 0.160 e. The van der Waals surface area contributed by atoms with Gasteiger partial charge in [0.05, 0.1) is 5.52 Å². The molecule has 1 aromatic heterocycles. The number of nitrogens with zero attached hydrogens (tertiary/aromatic N) is 1. The Morgan fingerprint density at radius 1 is 1.29 bits per heavy atom. The molecule has 0 unspecified atom stereocenters. The number of aromatic nitrogens is 1. The lowest BCUT2D eigenvalue weighted by molar-refractivity contribution is 0.511. The van der Waals surface area contributed by atoms with Gasteiger partial charge in [0.2, 0.25) is 0 Å². The molecule has 0 spiro atoms. The van der Waals surface area contributed by atoms with Crippen LogP contribution in [0.2, 0.25) is 0 Å². The second-order valence-electron chi connectivity index (χ2n) is 2.84. The van der Waals surface area contributed by atoms with Crippen molar-refractivity contribution in [1.29, 1.82) is 5.26 Å². The predicted molar refractivity (Wildman–Crippen MR) is 47.3 cm³/mol. The number of nitrogen functional groups attached to an aromatic ring is 1. The minimum atomic E-state index is -0.993. The highest BCUT2D eigenvalue weighted by Gasteiger charge is 2.12. The van der Waals surface area contributed by atoms with Crippen LogP contribution in [-0.2, 0) is 0 Å². The van der Waals surface area contributed by atoms with E-state index in [2.05, 4.69) is 4.98 Å². The quantitative estimate of drug-likeness (QED) is 0.671. The first-order valence-electron chi connectivity index (χ1n) is 3.79. The summed E-state index contributed by atoms with van der Waals surface area (Å²) in [6.45, 7) is 0. The van der Waals surface area contributed by atoms with Gasteiger partial charge in [0.1, 0.15) is 17.5 Å². The SMILES string of the molecule is N#Cc1c(N)[nH]c2cc(F)c(F)cc12. The highest BCUT2D eigenvalue weighted by molar-refractivity contribution is 5.91. The van der Waals surface area contributed by atoms with Crippen molar-refractivity contribution in [2.75, 3.05) is 5.73 Å². The van der Waals surface area contributed by atoms with Gasteiger partial charge in [-0.2, -0.15) is 5.26 Å². The fourth-order valence-electron chi connectivity index (χ4n) is 1.33. The number of nitrogens with two attached hydrogens (primary N) is 1. The minimum Gasteiger partial charge on any atom is -0.384 e. The maximum absolute atomic E-state index is 12.8. The molecule has 70 valence electrons. The van der Waals surface area contributed by atoms with E-state index >= 15 is 0 Å². The largest absolute Gasteiger partial charge is 0.384 e. The molecule has 5 heteroatoms. The third kappa shape index (κ3) is 1.01. The highest BCUT2D eigenvalue weighted by Crippen LogP contribution is 2.25. The van der Waals surface area contributed by atoms with Gasteiger partial charge in [0.15, 0.2) is 11.6 Å². The van der Waals surface area contributed by atoms with Crippen LogP contribution in [0.4, 0.5) is 14.6 Å². The van der Waals surface area contributed by atoms with Crippen LogP contribution in [0.15, 0.2) is 12.1 Å². The minimum absolute atomic E-state index is 0.118. The summed E-state index contributed by atoms with van der Waals surface area (Å²) in [6, 6.07) is 3.75. The van der Waals surface area contributed by atoms with Crippen molar-refractivity contribution in [2.45, 2.75) is 0 Å². The maximum atomic E-state index is 12.8. The number of nitriles is 1. The zero-order valence-corrected chi connectivity index (χ0v) is 6.94. The van der Waals surface area contributed by atoms with E-state index in [1.807, 2.05) is 6.07 Å². The number of H-pyrrole nitrogens is 1. The van der Waals surface area contributed by atoms with E-state index in [9.17, 15) is 8.78 Å². The first-order valence-corrected chi connectivity index (χ1v) is 3.79. The van der Waals surface area contributed by atoms with Crippen LogP contribution in [-0.4, -0.2) is 4.98 Å². The van der Waals surface area contributed by atoms with Gasteiger partial charge >= 0.3 is 0 Å². The summed E-state index contributed by atoms with van der Waals surface area (Å²) in [5, 5.41) is 8.99. The topological polar surface area (TPSA) is 65.6 Å². The van der Waals surface area contributed by atoms with E-state index < -0.39 is 11.6 Å². The van der Waals surface area contributed by atoms with Crippen LogP contribution in [0.25, 0.3) is 10.9 Å². The first kappa shape index (κ1) is 8.51. The molecule has 0 aliphatic rings. The molecular weight excluding hydrogens is 188 g/mol. The van der Waals surface area contributed by atoms with Gasteiger partial charge in [-0.05, 0) is 6.07 Å². The van der Waals surface area contributed by atoms with Crippen molar-refractivity contribution in [2.24, 2.45) is 0 Å². The second kappa shape index (κ2) is 2.70. The lowest BCUT2D eigenvalue weighted by Crippen LogP contribution is -1.86. The Bertz CT molecular complexity index is 551. The summed E-state index contributed by atoms with van der Waals surface area (Å²) in [5.41, 5.74) is 5.90. The predicted octanol–water partition coefficient (Wildman–Crippen LogP) is 1.90. The summed E-state index contributed by atoms with van der Waals surface area (Å²) < 4.78 is 25.6. The van der Waals surface area contributed by atoms with Crippen molar-refractivity contribution in [3.8, 4) is 6.07 Å². The summed E-state index contributed by atoms with van der Waals surface area (Å²) in [5.74, 6) is -1.84. The molecule has 0 bridgehead atoms. The van der Waals surface area contributed by atoms with Gasteiger partial charge < -0.3 is 10.7 Å². The fourth-order valence-corrected chi connectivity index (χ4v) is 1.33. The number of hydrogen-bond donors (Lipinski definition) is 2. The Hall–Kier alpha value is -2.09. The van der Waals surface area contributed by atoms with Crippen LogP contribution in [0.1, 0.15) is 5.56 Å². The molecule has 0 saturated heterocycles. The number of hydrogen-bond acceptors (Lipinski definition) is 2. The lowest BCUT2D eigenvalue weighted by atomic mass is 10.2. The third-order valence-corrected chi connectivity index (χ3v) is 1.98. The Kier molecular flexibility index (Phi) is 1.64. The van der Waals surface area contributed by atoms with Crippen molar-refractivity contribution < 1.29 is 8.78 Å². The average molecular weight is 193 g/mol. The molecular formula is C9H5F2N3. The fraction of sp³-hybridized carbons (Fsp3) is 0. The molecule has 0 aliphatic heterocycles. The molecule has 0 amide bonds. The van der Waals surface area contributed by atoms with Gasteiger partial charge in [-0.3, -0.25) is 0 Å². The van der Waals surface area contributed by atoms with Gasteiger partial charge in [0, 0.05) is 11.5 Å². The van der Waals surface area contributed by atoms with Gasteiger partial charge in [-0.1, -0.05) is 0 Å². The summed E-state index contributed by atoms with van der Waals surface area (Å²) in [7, 11) is 0. The third-order valence-electron chi connectivity index (χ3n) is 1.98. The van der Waals surface area contributed by atoms with Gasteiger partial charge in [-0.15, -0.1) is 0 Å². The summed E-state index contributed by atoms with van der Waals surface area (Å²) >= 11 is 0. The van der Waals surface area contributed by atoms with Gasteiger partial charge in [0.25, 0.3) is 0 Å². The highest BCUT2D eigenvalue weighted by atomic mass is 19.2. The number of halogens is 2. The van der Waals surface area contributed by atoms with E-state index in [0.717, 1.165) is 12.1 Å². The number of benzene rings is 1. The van der Waals surface area contributed by atoms with Crippen LogP contribution in [0, 0.1) is 23.0 Å². The Morgan fingerprint density at radius 2 is 1.93 bits per heavy atom. The number of rotatable bonds is 0. The van der Waals surface area contributed by atoms with E-state index in [4.69, 9.17) is 11.0 Å². The smallest absolute Gasteiger partial charge is 0.160 e. The molecule has 0 aliphatic carbocycles. The van der Waals surface area contributed by atoms with Crippen molar-refractivity contribution in [3.63, 3.8) is 0 Å². The zero-order valence-electron chi connectivity index (χ0n) is 6.94. The molecule has 0 saturated carbocycles. The monoisotopic (exact) mass is 193 g/mol. The van der Waals surface area contributed by atoms with Crippen LogP contribution >= 0.6 is 0 Å². The molecule has 3 N–H and O–H groups in total. The molecule has 2 aromatic rings. The molecule has 2 rings (SSSR count). The Labute approximate surface area is 77.8 Å². The van der Waals surface area contributed by atoms with Crippen molar-refractivity contribution >= 4 is 16.7 Å². The van der Waals surface area contributed by atoms with E-state index in [0.29, 0.717) is 10.9 Å². The molecule has 0 fully saturated rings. The second-order valence-corrected chi connectivity index (χ2v) is 2.84. The molecule has 0 atom stereocenters. The van der Waals surface area contributed by atoms with Crippen molar-refractivity contribution in [1.82, 2.24) is 4.98 Å². The number of fused-ring (bicyclic) bond motifs is 1. The van der Waals surface area contributed by atoms with E-state index in [1.54, 1.807) is 0 Å². The number of aromatic amines is 1. The summed E-state index contributed by atoms with van der Waals surface area (Å²) in [4.78, 5) is 2.59. The van der Waals surface area contributed by atoms with Crippen LogP contribution < -0.4 is 5.73 Å². The standard InChI is InChI=1S/C9H5F2N3/c10-6-1-4-5(3-12)9(13)14-8(4)2-7(6)11/h1-2,14H,13H2. The Balaban J connectivity index is 2.91. The van der Waals surface area contributed by atoms with Crippen molar-refractivity contribution in [3.05, 3.63) is 29.3 Å². The Morgan fingerprint density at radius 3 is 2.57 bits per heavy atom. The molecule has 1 aromatic carbocycles. The lowest BCUT2D eigenvalue weighted by Gasteiger charge is -1.92. The zero-order chi connectivity index (χ0) is 10.3. The molecule has 1 heterocycles. The number of anilines is 1. The average Bonchev–Trinajstić information content (AvgIpc) is 2.42. The van der Waals surface area contributed by atoms with Crippen LogP contribution in [0.3, 0.4) is 0 Å². The molecule has 14 heavy (non-hydrogen) atoms. The van der Waals surface area contributed by atoms with E-state index in [1.165, 1.54) is 0 Å². The number of nitrogens with one attached hydrogen (secondary N) is 1. The molecule has 3 nitrogen and oxygen atoms in total. The first-order chi connectivity index (χ1) is 6.63.